The summed E-state index contributed by atoms with van der Waals surface area (Å²) >= 11 is 0. The van der Waals surface area contributed by atoms with Crippen molar-refractivity contribution in [1.29, 1.82) is 5.26 Å². The van der Waals surface area contributed by atoms with E-state index in [-0.39, 0.29) is 13.0 Å². The molecule has 0 unspecified atom stereocenters. The Bertz CT molecular complexity index is 687. The summed E-state index contributed by atoms with van der Waals surface area (Å²) in [5, 5.41) is 23.2. The fourth-order valence-electron chi connectivity index (χ4n) is 2.21. The van der Waals surface area contributed by atoms with Crippen LogP contribution in [-0.2, 0) is 20.9 Å². The van der Waals surface area contributed by atoms with Crippen LogP contribution in [0.25, 0.3) is 0 Å². The number of aliphatic hydroxyl groups is 1. The average molecular weight is 376 g/mol. The van der Waals surface area contributed by atoms with Crippen molar-refractivity contribution in [1.82, 2.24) is 10.6 Å². The van der Waals surface area contributed by atoms with E-state index in [2.05, 4.69) is 10.6 Å². The average Bonchev–Trinajstić information content (AvgIpc) is 2.64. The molecular weight excluding hydrogens is 352 g/mol. The Balaban J connectivity index is 2.67. The molecule has 0 fully saturated rings. The fourth-order valence-corrected chi connectivity index (χ4v) is 2.21. The molecule has 146 valence electrons. The zero-order chi connectivity index (χ0) is 20.4. The number of carbonyl (C=O) groups excluding carboxylic acids is 3. The molecule has 5 N–H and O–H groups in total. The quantitative estimate of drug-likeness (QED) is 0.482. The molecule has 1 aromatic rings. The molecule has 0 aromatic heterocycles. The minimum Gasteiger partial charge on any atom is -0.445 e. The lowest BCUT2D eigenvalue weighted by molar-refractivity contribution is -0.130. The predicted octanol–water partition coefficient (Wildman–Crippen LogP) is 0.182. The minimum atomic E-state index is -1.35. The van der Waals surface area contributed by atoms with Crippen molar-refractivity contribution in [2.45, 2.75) is 45.1 Å². The lowest BCUT2D eigenvalue weighted by Gasteiger charge is -2.23. The lowest BCUT2D eigenvalue weighted by Crippen LogP contribution is -2.56. The number of rotatable bonds is 9. The van der Waals surface area contributed by atoms with E-state index in [1.165, 1.54) is 6.92 Å². The first-order valence-electron chi connectivity index (χ1n) is 8.39. The number of nitrogens with one attached hydrogen (secondary N) is 2. The Labute approximate surface area is 157 Å². The molecule has 0 aliphatic carbocycles. The van der Waals surface area contributed by atoms with Crippen LogP contribution in [0.1, 0.15) is 25.8 Å². The van der Waals surface area contributed by atoms with Gasteiger partial charge in [0, 0.05) is 5.92 Å². The number of amides is 3. The first-order chi connectivity index (χ1) is 12.7. The molecule has 3 amide bonds. The number of aliphatic hydroxyl groups excluding tert-OH is 1. The van der Waals surface area contributed by atoms with Gasteiger partial charge in [-0.1, -0.05) is 30.3 Å². The third kappa shape index (κ3) is 7.75. The highest BCUT2D eigenvalue weighted by Gasteiger charge is 2.30. The molecule has 4 atom stereocenters. The lowest BCUT2D eigenvalue weighted by atomic mass is 10.0. The normalized spacial score (nSPS) is 14.7. The molecule has 0 saturated heterocycles. The molecule has 1 aromatic carbocycles. The van der Waals surface area contributed by atoms with Crippen LogP contribution in [0.5, 0.6) is 0 Å². The highest BCUT2D eigenvalue weighted by Crippen LogP contribution is 2.06. The molecule has 0 saturated carbocycles. The number of primary amides is 1. The topological polar surface area (TPSA) is 155 Å². The van der Waals surface area contributed by atoms with E-state index in [4.69, 9.17) is 15.7 Å². The minimum absolute atomic E-state index is 0.00951. The number of nitriles is 1. The van der Waals surface area contributed by atoms with Gasteiger partial charge in [0.25, 0.3) is 0 Å². The van der Waals surface area contributed by atoms with E-state index in [0.717, 1.165) is 5.56 Å². The summed E-state index contributed by atoms with van der Waals surface area (Å²) < 4.78 is 5.02. The van der Waals surface area contributed by atoms with E-state index < -0.39 is 42.0 Å². The zero-order valence-electron chi connectivity index (χ0n) is 15.2. The van der Waals surface area contributed by atoms with Crippen LogP contribution >= 0.6 is 0 Å². The number of benzene rings is 1. The van der Waals surface area contributed by atoms with Gasteiger partial charge in [0.15, 0.2) is 0 Å². The molecule has 0 spiro atoms. The second kappa shape index (κ2) is 10.8. The third-order valence-corrected chi connectivity index (χ3v) is 3.72. The number of hydrogen-bond acceptors (Lipinski definition) is 6. The van der Waals surface area contributed by atoms with Gasteiger partial charge in [-0.15, -0.1) is 0 Å². The molecule has 0 heterocycles. The van der Waals surface area contributed by atoms with Crippen molar-refractivity contribution in [2.75, 3.05) is 0 Å². The highest BCUT2D eigenvalue weighted by atomic mass is 16.5. The summed E-state index contributed by atoms with van der Waals surface area (Å²) in [6.07, 6.45) is -2.14. The number of hydrogen-bond donors (Lipinski definition) is 4. The molecule has 9 heteroatoms. The third-order valence-electron chi connectivity index (χ3n) is 3.72. The fraction of sp³-hybridized carbons (Fsp3) is 0.444. The maximum atomic E-state index is 12.3. The van der Waals surface area contributed by atoms with Gasteiger partial charge in [0.05, 0.1) is 12.2 Å². The SMILES string of the molecule is C[C@@H](C#N)C[C@@H](NC(=O)[C@@H](NC(=O)OCc1ccccc1)[C@@H](C)O)C(N)=O. The van der Waals surface area contributed by atoms with Crippen LogP contribution in [0.15, 0.2) is 30.3 Å². The molecule has 1 rings (SSSR count). The van der Waals surface area contributed by atoms with Gasteiger partial charge < -0.3 is 26.2 Å². The van der Waals surface area contributed by atoms with E-state index in [1.807, 2.05) is 12.1 Å². The molecule has 0 aliphatic rings. The summed E-state index contributed by atoms with van der Waals surface area (Å²) in [5.41, 5.74) is 5.99. The van der Waals surface area contributed by atoms with Gasteiger partial charge in [0.2, 0.25) is 11.8 Å². The maximum absolute atomic E-state index is 12.3. The summed E-state index contributed by atoms with van der Waals surface area (Å²) in [6, 6.07) is 8.41. The van der Waals surface area contributed by atoms with E-state index in [9.17, 15) is 19.5 Å². The van der Waals surface area contributed by atoms with Crippen LogP contribution < -0.4 is 16.4 Å². The van der Waals surface area contributed by atoms with Gasteiger partial charge in [-0.25, -0.2) is 4.79 Å². The second-order valence-electron chi connectivity index (χ2n) is 6.15. The van der Waals surface area contributed by atoms with Crippen molar-refractivity contribution in [3.05, 3.63) is 35.9 Å². The van der Waals surface area contributed by atoms with Crippen LogP contribution in [0.3, 0.4) is 0 Å². The first kappa shape index (κ1) is 21.9. The smallest absolute Gasteiger partial charge is 0.408 e. The van der Waals surface area contributed by atoms with Crippen LogP contribution in [0.2, 0.25) is 0 Å². The summed E-state index contributed by atoms with van der Waals surface area (Å²) in [7, 11) is 0. The molecule has 27 heavy (non-hydrogen) atoms. The molecule has 9 nitrogen and oxygen atoms in total. The molecule has 0 aliphatic heterocycles. The van der Waals surface area contributed by atoms with Crippen molar-refractivity contribution < 1.29 is 24.2 Å². The number of nitrogens with zero attached hydrogens (tertiary/aromatic N) is 1. The summed E-state index contributed by atoms with van der Waals surface area (Å²) in [5.74, 6) is -2.14. The Hall–Kier alpha value is -3.12. The zero-order valence-corrected chi connectivity index (χ0v) is 15.2. The largest absolute Gasteiger partial charge is 0.445 e. The molecular formula is C18H24N4O5. The summed E-state index contributed by atoms with van der Waals surface area (Å²) in [6.45, 7) is 2.87. The number of ether oxygens (including phenoxy) is 1. The van der Waals surface area contributed by atoms with Crippen molar-refractivity contribution in [3.8, 4) is 6.07 Å². The van der Waals surface area contributed by atoms with Crippen LogP contribution in [0.4, 0.5) is 4.79 Å². The van der Waals surface area contributed by atoms with E-state index in [0.29, 0.717) is 0 Å². The Morgan fingerprint density at radius 1 is 1.22 bits per heavy atom. The van der Waals surface area contributed by atoms with Gasteiger partial charge >= 0.3 is 6.09 Å². The van der Waals surface area contributed by atoms with Crippen LogP contribution in [-0.4, -0.2) is 41.2 Å². The van der Waals surface area contributed by atoms with E-state index >= 15 is 0 Å². The van der Waals surface area contributed by atoms with Gasteiger partial charge in [0.1, 0.15) is 18.7 Å². The number of nitrogens with two attached hydrogens (primary N) is 1. The Morgan fingerprint density at radius 3 is 2.37 bits per heavy atom. The maximum Gasteiger partial charge on any atom is 0.408 e. The van der Waals surface area contributed by atoms with Crippen LogP contribution in [0, 0.1) is 17.2 Å². The molecule has 0 radical (unpaired) electrons. The Morgan fingerprint density at radius 2 is 1.85 bits per heavy atom. The molecule has 0 bridgehead atoms. The second-order valence-corrected chi connectivity index (χ2v) is 6.15. The van der Waals surface area contributed by atoms with Gasteiger partial charge in [-0.05, 0) is 25.8 Å². The standard InChI is InChI=1S/C18H24N4O5/c1-11(9-19)8-14(16(20)24)21-17(25)15(12(2)23)22-18(26)27-10-13-6-4-3-5-7-13/h3-7,11-12,14-15,23H,8,10H2,1-2H3,(H2,20,24)(H,21,25)(H,22,26)/t11-,12-,14-,15+/m1/s1. The predicted molar refractivity (Wildman–Crippen MR) is 95.8 cm³/mol. The number of alkyl carbamates (subject to hydrolysis) is 1. The van der Waals surface area contributed by atoms with Crippen molar-refractivity contribution in [3.63, 3.8) is 0 Å². The number of carbonyl (C=O) groups is 3. The highest BCUT2D eigenvalue weighted by molar-refractivity contribution is 5.91. The summed E-state index contributed by atoms with van der Waals surface area (Å²) in [4.78, 5) is 35.8. The monoisotopic (exact) mass is 376 g/mol. The van der Waals surface area contributed by atoms with Crippen molar-refractivity contribution >= 4 is 17.9 Å². The van der Waals surface area contributed by atoms with Crippen molar-refractivity contribution in [2.24, 2.45) is 11.7 Å². The Kier molecular flexibility index (Phi) is 8.75. The van der Waals surface area contributed by atoms with E-state index in [1.54, 1.807) is 31.2 Å². The van der Waals surface area contributed by atoms with Gasteiger partial charge in [-0.3, -0.25) is 9.59 Å². The van der Waals surface area contributed by atoms with Gasteiger partial charge in [-0.2, -0.15) is 5.26 Å². The first-order valence-corrected chi connectivity index (χ1v) is 8.39.